The molecule has 0 saturated carbocycles. The van der Waals surface area contributed by atoms with Crippen LogP contribution in [0.25, 0.3) is 0 Å². The largest absolute Gasteiger partial charge is 0.479 e. The number of unbranched alkanes of at least 4 members (excludes halogenated alkanes) is 7. The molecule has 0 aromatic carbocycles. The smallest absolute Gasteiger partial charge is 0.397 e. The molecule has 25 atom stereocenters. The van der Waals surface area contributed by atoms with Gasteiger partial charge in [-0.05, 0) is 19.3 Å². The van der Waals surface area contributed by atoms with Gasteiger partial charge in [0.25, 0.3) is 0 Å². The molecule has 64 heteroatoms. The summed E-state index contributed by atoms with van der Waals surface area (Å²) in [7, 11) is -52.4. The van der Waals surface area contributed by atoms with Gasteiger partial charge in [0.1, 0.15) is 85.5 Å². The molecule has 12 N–H and O–H groups in total. The van der Waals surface area contributed by atoms with E-state index in [4.69, 9.17) is 83.0 Å². The molecular weight excluding hydrogens is 1750 g/mol. The van der Waals surface area contributed by atoms with Gasteiger partial charge in [-0.2, -0.15) is 75.8 Å². The first-order valence-electron chi connectivity index (χ1n) is 32.2. The summed E-state index contributed by atoms with van der Waals surface area (Å²) in [5, 5.41) is 33.0. The van der Waals surface area contributed by atoms with Crippen LogP contribution in [0.4, 0.5) is 0 Å². The number of aliphatic carboxylic acids is 2. The summed E-state index contributed by atoms with van der Waals surface area (Å²) in [6.07, 6.45) is -67.5. The summed E-state index contributed by atoms with van der Waals surface area (Å²) in [6, 6.07) is 0. The van der Waals surface area contributed by atoms with Gasteiger partial charge in [0.2, 0.25) is 0 Å². The van der Waals surface area contributed by atoms with Crippen molar-refractivity contribution in [2.75, 3.05) is 53.9 Å². The maximum Gasteiger partial charge on any atom is 0.397 e. The van der Waals surface area contributed by atoms with E-state index in [1.54, 1.807) is 13.8 Å². The summed E-state index contributed by atoms with van der Waals surface area (Å²) >= 11 is 0. The molecule has 5 aliphatic heterocycles. The van der Waals surface area contributed by atoms with Crippen LogP contribution in [0.3, 0.4) is 0 Å². The van der Waals surface area contributed by atoms with Gasteiger partial charge in [-0.25, -0.2) is 47.2 Å². The number of methoxy groups -OCH3 is 2. The Kier molecular flexibility index (Phi) is 37.8. The molecule has 25 unspecified atom stereocenters. The fraction of sp³-hybridized carbons (Fsp3) is 0.958. The minimum atomic E-state index is -6.43. The fourth-order valence-electron chi connectivity index (χ4n) is 11.6. The Morgan fingerprint density at radius 2 is 0.571 bits per heavy atom. The van der Waals surface area contributed by atoms with E-state index >= 15 is 0 Å². The van der Waals surface area contributed by atoms with Crippen molar-refractivity contribution in [3.8, 4) is 0 Å². The molecule has 5 aliphatic rings. The lowest BCUT2D eigenvalue weighted by atomic mass is 9.94. The molecule has 0 spiro atoms. The van der Waals surface area contributed by atoms with Crippen molar-refractivity contribution in [3.63, 3.8) is 0 Å². The van der Waals surface area contributed by atoms with Crippen LogP contribution in [0, 0.1) is 0 Å². The standard InChI is InChI=1S/C48H84O55S9/c1-6-9-12-13-14-15-18-84-30-32(36(43(51)52)97-48(40(30)102-111(75,76)77)93-26-23(20-87-105(57,58)59)89-44(53)37(100-109(69,70)71)33(26)98-107(63,64)65)95-47-41(103-112(78,79)80)34(99-108(66,67)68)27(24(91-47)21-88-106(60,61)62)92-45-38(85-17-11-8-3)29(83-16-10-7-2)31(35(96-45)42(49)50)94-46-39(101-110(72,73)74)28(82-5)25(81-4)22(90-46)19-86-104(54,55)56/h22-41,44-48,53H,6-21H2,1-5H3,(H,49,50)(H,51,52)(H,54,55,56)(H,57,58,59)(H,60,61,62)(H,63,64,65)(H,66,67,68)(H,69,70,71)(H,72,73,74)(H,75,76,77)(H,78,79,80). The molecule has 5 rings (SSSR count). The van der Waals surface area contributed by atoms with Crippen LogP contribution in [0.15, 0.2) is 0 Å². The molecule has 5 fully saturated rings. The first kappa shape index (κ1) is 99.7. The Bertz CT molecular complexity index is 4100. The average molecular weight is 1830 g/mol. The minimum Gasteiger partial charge on any atom is -0.479 e. The van der Waals surface area contributed by atoms with E-state index in [9.17, 15) is 142 Å². The number of aliphatic hydroxyl groups is 1. The Balaban J connectivity index is 1.81. The van der Waals surface area contributed by atoms with Crippen molar-refractivity contribution < 1.29 is 246 Å². The molecule has 0 amide bonds. The zero-order valence-corrected chi connectivity index (χ0v) is 65.7. The molecule has 112 heavy (non-hydrogen) atoms. The van der Waals surface area contributed by atoms with Gasteiger partial charge < -0.3 is 81.6 Å². The Labute approximate surface area is 640 Å². The summed E-state index contributed by atoms with van der Waals surface area (Å²) in [5.41, 5.74) is 0. The van der Waals surface area contributed by atoms with E-state index in [1.165, 1.54) is 0 Å². The second-order valence-electron chi connectivity index (χ2n) is 24.0. The Morgan fingerprint density at radius 3 is 0.938 bits per heavy atom. The number of carbonyl (C=O) groups is 2. The average Bonchev–Trinajstić information content (AvgIpc) is 0.752. The zero-order chi connectivity index (χ0) is 84.7. The molecule has 5 saturated heterocycles. The van der Waals surface area contributed by atoms with Crippen LogP contribution in [-0.4, -0.2) is 351 Å². The van der Waals surface area contributed by atoms with Gasteiger partial charge in [0.15, 0.2) is 68.1 Å². The number of aliphatic hydroxyl groups excluding tert-OH is 1. The number of carboxylic acids is 2. The summed E-state index contributed by atoms with van der Waals surface area (Å²) in [4.78, 5) is 27.5. The lowest BCUT2D eigenvalue weighted by Gasteiger charge is -2.51. The van der Waals surface area contributed by atoms with Crippen LogP contribution >= 0.6 is 0 Å². The maximum absolute atomic E-state index is 13.8. The molecular formula is C48H84O55S9. The van der Waals surface area contributed by atoms with E-state index in [1.807, 2.05) is 6.92 Å². The van der Waals surface area contributed by atoms with E-state index in [2.05, 4.69) is 20.9 Å². The summed E-state index contributed by atoms with van der Waals surface area (Å²) in [5.74, 6) is -4.72. The molecule has 0 aliphatic carbocycles. The molecule has 660 valence electrons. The number of rotatable bonds is 49. The van der Waals surface area contributed by atoms with Crippen molar-refractivity contribution in [1.82, 2.24) is 0 Å². The van der Waals surface area contributed by atoms with Gasteiger partial charge in [0.05, 0.1) is 19.8 Å². The van der Waals surface area contributed by atoms with Crippen molar-refractivity contribution in [2.24, 2.45) is 0 Å². The summed E-state index contributed by atoms with van der Waals surface area (Å²) < 4.78 is 438. The molecule has 0 aromatic rings. The Hall–Kier alpha value is -2.83. The van der Waals surface area contributed by atoms with Gasteiger partial charge in [-0.15, -0.1) is 0 Å². The number of carboxylic acid groups (broad SMARTS) is 2. The molecule has 0 aromatic heterocycles. The third-order valence-electron chi connectivity index (χ3n) is 15.9. The maximum atomic E-state index is 13.8. The molecule has 0 bridgehead atoms. The number of hydrogen-bond donors (Lipinski definition) is 12. The van der Waals surface area contributed by atoms with Crippen LogP contribution in [-0.2, 0) is 207 Å². The highest BCUT2D eigenvalue weighted by molar-refractivity contribution is 7.82. The number of ether oxygens (including phenoxy) is 14. The highest BCUT2D eigenvalue weighted by Crippen LogP contribution is 2.42. The van der Waals surface area contributed by atoms with Crippen molar-refractivity contribution in [3.05, 3.63) is 0 Å². The quantitative estimate of drug-likeness (QED) is 0.0201. The van der Waals surface area contributed by atoms with Crippen molar-refractivity contribution in [1.29, 1.82) is 0 Å². The van der Waals surface area contributed by atoms with Gasteiger partial charge in [0, 0.05) is 34.0 Å². The van der Waals surface area contributed by atoms with Crippen LogP contribution in [0.2, 0.25) is 0 Å². The molecule has 5 heterocycles. The predicted molar refractivity (Wildman–Crippen MR) is 345 cm³/mol. The van der Waals surface area contributed by atoms with E-state index in [0.717, 1.165) is 14.2 Å². The highest BCUT2D eigenvalue weighted by Gasteiger charge is 2.63. The van der Waals surface area contributed by atoms with Gasteiger partial charge in [-0.1, -0.05) is 65.7 Å². The third-order valence-corrected chi connectivity index (χ3v) is 20.0. The normalized spacial score (nSPS) is 33.8. The second-order valence-corrected chi connectivity index (χ2v) is 33.6. The van der Waals surface area contributed by atoms with E-state index in [0.29, 0.717) is 25.7 Å². The third kappa shape index (κ3) is 32.7. The van der Waals surface area contributed by atoms with Gasteiger partial charge >= 0.3 is 106 Å². The highest BCUT2D eigenvalue weighted by atomic mass is 32.3. The topological polar surface area (TPSA) is 796 Å². The number of hydrogen-bond acceptors (Lipinski definition) is 44. The van der Waals surface area contributed by atoms with Crippen molar-refractivity contribution in [2.45, 2.75) is 239 Å². The Morgan fingerprint density at radius 1 is 0.295 bits per heavy atom. The SMILES string of the molecule is CCCCCCCCOC1C(OS(=O)(=O)O)C(OC2C(COS(=O)(=O)O)OC(O)C(OS(=O)(=O)O)C2OS(=O)(=O)O)OC(C(=O)O)C1OC1OC(COS(=O)(=O)O)C(OC2OC(C(=O)O)C(OC3OC(COS(=O)(=O)O)C(OC)C(OC)C3OS(=O)(=O)O)C(OCCCC)C2OCCCC)C(OS(=O)(=O)O)C1OS(=O)(=O)O. The lowest BCUT2D eigenvalue weighted by molar-refractivity contribution is -0.387. The first-order valence-corrected chi connectivity index (χ1v) is 44.5. The van der Waals surface area contributed by atoms with Crippen LogP contribution in [0.5, 0.6) is 0 Å². The minimum absolute atomic E-state index is 0.000272. The monoisotopic (exact) mass is 1830 g/mol. The second kappa shape index (κ2) is 42.4. The van der Waals surface area contributed by atoms with E-state index in [-0.39, 0.29) is 38.5 Å². The summed E-state index contributed by atoms with van der Waals surface area (Å²) in [6.45, 7) is -2.01. The first-order chi connectivity index (χ1) is 51.5. The van der Waals surface area contributed by atoms with Gasteiger partial charge in [-0.3, -0.25) is 41.0 Å². The lowest BCUT2D eigenvalue weighted by Crippen LogP contribution is -2.70. The molecule has 55 nitrogen and oxygen atoms in total. The zero-order valence-electron chi connectivity index (χ0n) is 58.3. The van der Waals surface area contributed by atoms with E-state index < -0.39 is 299 Å². The predicted octanol–water partition coefficient (Wildman–Crippen LogP) is -4.95. The van der Waals surface area contributed by atoms with Crippen LogP contribution < -0.4 is 0 Å². The molecule has 0 radical (unpaired) electrons. The van der Waals surface area contributed by atoms with Crippen molar-refractivity contribution >= 4 is 106 Å². The van der Waals surface area contributed by atoms with Crippen LogP contribution in [0.1, 0.15) is 85.0 Å². The fourth-order valence-corrected chi connectivity index (χ4v) is 15.5.